The molecule has 0 aromatic heterocycles. The van der Waals surface area contributed by atoms with Crippen molar-refractivity contribution in [3.8, 4) is 5.75 Å². The molecule has 16 heteroatoms. The van der Waals surface area contributed by atoms with Gasteiger partial charge in [0.05, 0.1) is 26.6 Å². The molecular formula is C24H21N5NaO8S2. The number of nitrogens with two attached hydrogens (primary N) is 1. The average Bonchev–Trinajstić information content (AvgIpc) is 2.88. The summed E-state index contributed by atoms with van der Waals surface area (Å²) in [4.78, 5) is 9.64. The van der Waals surface area contributed by atoms with Gasteiger partial charge in [-0.1, -0.05) is 24.3 Å². The fourth-order valence-corrected chi connectivity index (χ4v) is 6.04. The van der Waals surface area contributed by atoms with E-state index in [0.29, 0.717) is 5.69 Å². The van der Waals surface area contributed by atoms with Gasteiger partial charge in [0.25, 0.3) is 25.8 Å². The Morgan fingerprint density at radius 1 is 0.975 bits per heavy atom. The number of hydrogen-bond acceptors (Lipinski definition) is 10. The van der Waals surface area contributed by atoms with Gasteiger partial charge in [0, 0.05) is 54.3 Å². The fraction of sp³-hybridized carbons (Fsp3) is 0.0833. The third kappa shape index (κ3) is 6.09. The predicted molar refractivity (Wildman–Crippen MR) is 150 cm³/mol. The first-order valence-electron chi connectivity index (χ1n) is 11.1. The molecule has 4 N–H and O–H groups in total. The Hall–Kier alpha value is -3.60. The molecule has 1 radical (unpaired) electrons. The van der Waals surface area contributed by atoms with Crippen molar-refractivity contribution >= 4 is 88.9 Å². The zero-order chi connectivity index (χ0) is 28.5. The van der Waals surface area contributed by atoms with Gasteiger partial charge in [-0.25, -0.2) is 8.42 Å². The minimum absolute atomic E-state index is 0. The summed E-state index contributed by atoms with van der Waals surface area (Å²) in [6, 6.07) is 15.8. The van der Waals surface area contributed by atoms with Gasteiger partial charge >= 0.3 is 0 Å². The summed E-state index contributed by atoms with van der Waals surface area (Å²) in [5.41, 5.74) is 5.50. The maximum atomic E-state index is 13.7. The van der Waals surface area contributed by atoms with E-state index in [1.807, 2.05) is 0 Å². The number of para-hydroxylation sites is 1. The van der Waals surface area contributed by atoms with Crippen LogP contribution in [0.15, 0.2) is 92.8 Å². The average molecular weight is 595 g/mol. The molecule has 0 amide bonds. The molecule has 4 aromatic rings. The minimum Gasteiger partial charge on any atom is -0.507 e. The van der Waals surface area contributed by atoms with E-state index in [0.717, 1.165) is 34.6 Å². The third-order valence-electron chi connectivity index (χ3n) is 5.68. The number of fused-ring (bicyclic) bond motifs is 1. The molecule has 0 aliphatic carbocycles. The summed E-state index contributed by atoms with van der Waals surface area (Å²) < 4.78 is 60.9. The van der Waals surface area contributed by atoms with Crippen molar-refractivity contribution < 1.29 is 31.4 Å². The van der Waals surface area contributed by atoms with Crippen molar-refractivity contribution in [1.29, 1.82) is 0 Å². The largest absolute Gasteiger partial charge is 0.507 e. The topological polar surface area (TPSA) is 206 Å². The van der Waals surface area contributed by atoms with Crippen molar-refractivity contribution in [3.63, 3.8) is 0 Å². The van der Waals surface area contributed by atoms with Crippen molar-refractivity contribution in [3.05, 3.63) is 82.9 Å². The first kappa shape index (κ1) is 30.9. The number of benzene rings is 4. The van der Waals surface area contributed by atoms with Gasteiger partial charge in [-0.3, -0.25) is 19.0 Å². The number of rotatable bonds is 8. The molecule has 0 aliphatic rings. The Kier molecular flexibility index (Phi) is 9.18. The van der Waals surface area contributed by atoms with Gasteiger partial charge in [-0.05, 0) is 42.6 Å². The molecule has 0 saturated carbocycles. The molecule has 0 bridgehead atoms. The molecule has 40 heavy (non-hydrogen) atoms. The van der Waals surface area contributed by atoms with Gasteiger partial charge in [0.2, 0.25) is 0 Å². The van der Waals surface area contributed by atoms with Crippen LogP contribution in [0.4, 0.5) is 28.4 Å². The van der Waals surface area contributed by atoms with Crippen LogP contribution in [-0.4, -0.2) is 67.5 Å². The van der Waals surface area contributed by atoms with E-state index in [9.17, 15) is 36.6 Å². The first-order valence-corrected chi connectivity index (χ1v) is 14.0. The van der Waals surface area contributed by atoms with Gasteiger partial charge in [-0.2, -0.15) is 8.42 Å². The third-order valence-corrected chi connectivity index (χ3v) is 8.45. The van der Waals surface area contributed by atoms with Gasteiger partial charge in [0.15, 0.2) is 0 Å². The number of non-ortho nitro benzene ring substituents is 1. The number of nitro benzene ring substituents is 1. The van der Waals surface area contributed by atoms with Crippen LogP contribution in [-0.2, 0) is 20.1 Å². The van der Waals surface area contributed by atoms with Gasteiger partial charge < -0.3 is 10.8 Å². The molecule has 0 fully saturated rings. The Bertz CT molecular complexity index is 1850. The van der Waals surface area contributed by atoms with Crippen LogP contribution in [0.2, 0.25) is 0 Å². The number of anilines is 2. The van der Waals surface area contributed by atoms with E-state index in [4.69, 9.17) is 5.73 Å². The molecule has 203 valence electrons. The Labute approximate surface area is 251 Å². The summed E-state index contributed by atoms with van der Waals surface area (Å²) in [5.74, 6) is -0.584. The van der Waals surface area contributed by atoms with E-state index in [1.165, 1.54) is 12.1 Å². The van der Waals surface area contributed by atoms with Crippen LogP contribution in [0, 0.1) is 10.1 Å². The van der Waals surface area contributed by atoms with Crippen LogP contribution in [0.5, 0.6) is 5.75 Å². The van der Waals surface area contributed by atoms with Crippen molar-refractivity contribution in [2.45, 2.75) is 16.7 Å². The monoisotopic (exact) mass is 594 g/mol. The van der Waals surface area contributed by atoms with Gasteiger partial charge in [-0.15, -0.1) is 10.2 Å². The van der Waals surface area contributed by atoms with Crippen LogP contribution < -0.4 is 10.0 Å². The zero-order valence-electron chi connectivity index (χ0n) is 21.2. The second kappa shape index (κ2) is 11.9. The summed E-state index contributed by atoms with van der Waals surface area (Å²) in [5, 5.41) is 30.1. The van der Waals surface area contributed by atoms with Crippen molar-refractivity contribution in [2.24, 2.45) is 10.2 Å². The molecule has 0 spiro atoms. The second-order valence-corrected chi connectivity index (χ2v) is 11.4. The number of sulfonamides is 1. The number of hydrogen-bond donors (Lipinski definition) is 3. The zero-order valence-corrected chi connectivity index (χ0v) is 24.8. The summed E-state index contributed by atoms with van der Waals surface area (Å²) in [7, 11) is -9.01. The van der Waals surface area contributed by atoms with E-state index in [2.05, 4.69) is 10.2 Å². The molecule has 4 aromatic carbocycles. The van der Waals surface area contributed by atoms with E-state index in [1.54, 1.807) is 37.3 Å². The fourth-order valence-electron chi connectivity index (χ4n) is 3.88. The number of phenolic OH excluding ortho intramolecular Hbond substituents is 1. The summed E-state index contributed by atoms with van der Waals surface area (Å²) >= 11 is 0. The molecule has 0 unspecified atom stereocenters. The van der Waals surface area contributed by atoms with Crippen LogP contribution >= 0.6 is 0 Å². The minimum atomic E-state index is -4.63. The number of azo groups is 1. The molecule has 13 nitrogen and oxygen atoms in total. The van der Waals surface area contributed by atoms with E-state index in [-0.39, 0.29) is 63.9 Å². The van der Waals surface area contributed by atoms with Crippen LogP contribution in [0.25, 0.3) is 10.8 Å². The van der Waals surface area contributed by atoms with E-state index < -0.39 is 46.3 Å². The summed E-state index contributed by atoms with van der Waals surface area (Å²) in [6.07, 6.45) is 0. The number of phenols is 1. The smallest absolute Gasteiger partial charge is 0.294 e. The number of nitrogens with zero attached hydrogens (tertiary/aromatic N) is 4. The number of aromatic hydroxyl groups is 1. The Balaban J connectivity index is 0.00000441. The maximum Gasteiger partial charge on any atom is 0.294 e. The Morgan fingerprint density at radius 3 is 2.25 bits per heavy atom. The summed E-state index contributed by atoms with van der Waals surface area (Å²) in [6.45, 7) is 1.61. The quantitative estimate of drug-likeness (QED) is 0.0653. The maximum absolute atomic E-state index is 13.7. The molecular weight excluding hydrogens is 573 g/mol. The molecule has 0 atom stereocenters. The molecule has 4 rings (SSSR count). The van der Waals surface area contributed by atoms with E-state index >= 15 is 0 Å². The number of nitro groups is 1. The molecule has 0 saturated heterocycles. The van der Waals surface area contributed by atoms with Crippen LogP contribution in [0.1, 0.15) is 6.92 Å². The normalized spacial score (nSPS) is 11.8. The Morgan fingerprint density at radius 2 is 1.65 bits per heavy atom. The molecule has 0 aliphatic heterocycles. The van der Waals surface area contributed by atoms with Crippen molar-refractivity contribution in [2.75, 3.05) is 16.6 Å². The SMILES string of the molecule is CCN(c1ccccc1)S(=O)(=O)c1cc([N+](=O)[O-])ccc1N=Nc1c(N)ccc2cc(S(=O)(=O)O)cc(O)c12.[Na]. The van der Waals surface area contributed by atoms with Crippen LogP contribution in [0.3, 0.4) is 0 Å². The molecule has 0 heterocycles. The standard InChI is InChI=1S/C24H21N5O8S2.Na/c1-2-28(16-6-4-3-5-7-16)38(33,34)22-13-17(29(31)32)9-11-20(22)26-27-24-19(25)10-8-15-12-18(39(35,36)37)14-21(30)23(15)24;/h3-14,30H,2,25H2,1H3,(H,35,36,37);. The second-order valence-electron chi connectivity index (χ2n) is 8.13. The first-order chi connectivity index (χ1) is 18.3. The van der Waals surface area contributed by atoms with Crippen molar-refractivity contribution in [1.82, 2.24) is 0 Å². The predicted octanol–water partition coefficient (Wildman–Crippen LogP) is 4.53. The number of nitrogen functional groups attached to an aromatic ring is 1. The van der Waals surface area contributed by atoms with Gasteiger partial charge in [0.1, 0.15) is 22.0 Å².